The van der Waals surface area contributed by atoms with Crippen molar-refractivity contribution in [1.82, 2.24) is 9.21 Å². The molecule has 0 spiro atoms. The van der Waals surface area contributed by atoms with Crippen LogP contribution in [0.1, 0.15) is 19.4 Å². The number of nitrogens with zero attached hydrogens (tertiary/aromatic N) is 2. The molecule has 0 unspecified atom stereocenters. The van der Waals surface area contributed by atoms with Gasteiger partial charge < -0.3 is 18.9 Å². The van der Waals surface area contributed by atoms with E-state index in [0.717, 1.165) is 13.1 Å². The zero-order chi connectivity index (χ0) is 22.1. The summed E-state index contributed by atoms with van der Waals surface area (Å²) < 4.78 is 48.8. The molecule has 170 valence electrons. The first-order chi connectivity index (χ1) is 14.4. The molecule has 1 aromatic carbocycles. The van der Waals surface area contributed by atoms with E-state index in [1.54, 1.807) is 13.8 Å². The summed E-state index contributed by atoms with van der Waals surface area (Å²) in [5.41, 5.74) is 0.316. The zero-order valence-electron chi connectivity index (χ0n) is 18.2. The van der Waals surface area contributed by atoms with Gasteiger partial charge in [-0.05, 0) is 11.6 Å². The fraction of sp³-hybridized carbons (Fsp3) is 0.650. The van der Waals surface area contributed by atoms with Gasteiger partial charge in [-0.1, -0.05) is 13.8 Å². The fourth-order valence-electron chi connectivity index (χ4n) is 3.30. The lowest BCUT2D eigenvalue weighted by Crippen LogP contribution is -2.38. The standard InChI is InChI=1S/C20H32N2O7S/c1-5-22(6-2)30(24,25)19-15-18(27-4)17(26-3)13-16(19)14-20(23)29-12-9-21-7-10-28-11-8-21/h13,15H,5-12,14H2,1-4H3. The second-order valence-electron chi connectivity index (χ2n) is 6.76. The molecule has 0 aromatic heterocycles. The Bertz CT molecular complexity index is 804. The Balaban J connectivity index is 2.20. The SMILES string of the molecule is CCN(CC)S(=O)(=O)c1cc(OC)c(OC)cc1CC(=O)OCCN1CCOCC1. The number of esters is 1. The minimum absolute atomic E-state index is 0.0222. The molecule has 30 heavy (non-hydrogen) atoms. The second-order valence-corrected chi connectivity index (χ2v) is 8.66. The van der Waals surface area contributed by atoms with Gasteiger partial charge in [0.1, 0.15) is 6.61 Å². The second kappa shape index (κ2) is 11.5. The van der Waals surface area contributed by atoms with Gasteiger partial charge in [-0.15, -0.1) is 0 Å². The van der Waals surface area contributed by atoms with E-state index < -0.39 is 16.0 Å². The number of hydrogen-bond donors (Lipinski definition) is 0. The summed E-state index contributed by atoms with van der Waals surface area (Å²) >= 11 is 0. The summed E-state index contributed by atoms with van der Waals surface area (Å²) in [7, 11) is -0.910. The molecule has 0 amide bonds. The van der Waals surface area contributed by atoms with E-state index in [9.17, 15) is 13.2 Å². The lowest BCUT2D eigenvalue weighted by molar-refractivity contribution is -0.143. The minimum Gasteiger partial charge on any atom is -0.493 e. The Morgan fingerprint density at radius 1 is 1.10 bits per heavy atom. The van der Waals surface area contributed by atoms with E-state index in [-0.39, 0.29) is 23.7 Å². The highest BCUT2D eigenvalue weighted by Crippen LogP contribution is 2.34. The first-order valence-corrected chi connectivity index (χ1v) is 11.5. The first kappa shape index (κ1) is 24.4. The maximum absolute atomic E-state index is 13.1. The molecule has 2 rings (SSSR count). The van der Waals surface area contributed by atoms with Crippen molar-refractivity contribution in [3.8, 4) is 11.5 Å². The molecule has 1 aliphatic rings. The largest absolute Gasteiger partial charge is 0.493 e. The number of morpholine rings is 1. The van der Waals surface area contributed by atoms with Gasteiger partial charge in [-0.2, -0.15) is 4.31 Å². The average molecular weight is 445 g/mol. The normalized spacial score (nSPS) is 15.2. The number of ether oxygens (including phenoxy) is 4. The smallest absolute Gasteiger partial charge is 0.310 e. The molecule has 0 atom stereocenters. The third-order valence-corrected chi connectivity index (χ3v) is 7.13. The molecular weight excluding hydrogens is 412 g/mol. The molecule has 0 bridgehead atoms. The number of benzene rings is 1. The molecule has 0 N–H and O–H groups in total. The minimum atomic E-state index is -3.80. The van der Waals surface area contributed by atoms with Crippen molar-refractivity contribution in [1.29, 1.82) is 0 Å². The van der Waals surface area contributed by atoms with Crippen LogP contribution in [0.2, 0.25) is 0 Å². The highest BCUT2D eigenvalue weighted by Gasteiger charge is 2.28. The third kappa shape index (κ3) is 6.07. The van der Waals surface area contributed by atoms with Crippen LogP contribution in [0.15, 0.2) is 17.0 Å². The summed E-state index contributed by atoms with van der Waals surface area (Å²) in [5.74, 6) is 0.145. The topological polar surface area (TPSA) is 94.6 Å². The molecule has 0 radical (unpaired) electrons. The quantitative estimate of drug-likeness (QED) is 0.469. The van der Waals surface area contributed by atoms with Crippen LogP contribution in [-0.2, 0) is 30.7 Å². The Kier molecular flexibility index (Phi) is 9.35. The van der Waals surface area contributed by atoms with E-state index >= 15 is 0 Å². The van der Waals surface area contributed by atoms with E-state index in [1.165, 1.54) is 30.7 Å². The monoisotopic (exact) mass is 444 g/mol. The van der Waals surface area contributed by atoms with Gasteiger partial charge >= 0.3 is 5.97 Å². The van der Waals surface area contributed by atoms with Crippen molar-refractivity contribution in [2.45, 2.75) is 25.2 Å². The van der Waals surface area contributed by atoms with Crippen molar-refractivity contribution in [2.24, 2.45) is 0 Å². The van der Waals surface area contributed by atoms with Crippen LogP contribution >= 0.6 is 0 Å². The Morgan fingerprint density at radius 3 is 2.27 bits per heavy atom. The van der Waals surface area contributed by atoms with Crippen molar-refractivity contribution in [3.05, 3.63) is 17.7 Å². The predicted octanol–water partition coefficient (Wildman–Crippen LogP) is 1.15. The number of methoxy groups -OCH3 is 2. The molecule has 9 nitrogen and oxygen atoms in total. The van der Waals surface area contributed by atoms with Gasteiger partial charge in [-0.25, -0.2) is 8.42 Å². The average Bonchev–Trinajstić information content (AvgIpc) is 2.74. The summed E-state index contributed by atoms with van der Waals surface area (Å²) in [4.78, 5) is 14.6. The number of carbonyl (C=O) groups excluding carboxylic acids is 1. The van der Waals surface area contributed by atoms with E-state index in [2.05, 4.69) is 4.90 Å². The Labute approximate surface area is 178 Å². The summed E-state index contributed by atoms with van der Waals surface area (Å²) in [6.07, 6.45) is -0.181. The molecule has 0 saturated carbocycles. The lowest BCUT2D eigenvalue weighted by atomic mass is 10.1. The van der Waals surface area contributed by atoms with E-state index in [1.807, 2.05) is 0 Å². The van der Waals surface area contributed by atoms with Gasteiger partial charge in [0, 0.05) is 38.8 Å². The summed E-state index contributed by atoms with van der Waals surface area (Å²) in [6.45, 7) is 7.98. The van der Waals surface area contributed by atoms with Crippen LogP contribution < -0.4 is 9.47 Å². The number of sulfonamides is 1. The molecule has 1 heterocycles. The lowest BCUT2D eigenvalue weighted by Gasteiger charge is -2.26. The van der Waals surface area contributed by atoms with E-state index in [0.29, 0.717) is 44.2 Å². The van der Waals surface area contributed by atoms with Crippen molar-refractivity contribution < 1.29 is 32.2 Å². The number of carbonyl (C=O) groups is 1. The van der Waals surface area contributed by atoms with Crippen molar-refractivity contribution >= 4 is 16.0 Å². The van der Waals surface area contributed by atoms with Crippen LogP contribution in [0.5, 0.6) is 11.5 Å². The van der Waals surface area contributed by atoms with E-state index in [4.69, 9.17) is 18.9 Å². The van der Waals surface area contributed by atoms with Crippen molar-refractivity contribution in [2.75, 3.05) is 66.8 Å². The van der Waals surface area contributed by atoms with Crippen LogP contribution in [0.4, 0.5) is 0 Å². The number of rotatable bonds is 11. The van der Waals surface area contributed by atoms with Gasteiger partial charge in [0.05, 0.1) is 38.7 Å². The van der Waals surface area contributed by atoms with Crippen LogP contribution in [-0.4, -0.2) is 90.4 Å². The summed E-state index contributed by atoms with van der Waals surface area (Å²) in [6, 6.07) is 2.93. The molecule has 1 saturated heterocycles. The molecule has 10 heteroatoms. The molecule has 1 fully saturated rings. The Morgan fingerprint density at radius 2 is 1.70 bits per heavy atom. The van der Waals surface area contributed by atoms with Crippen LogP contribution in [0, 0.1) is 0 Å². The number of hydrogen-bond acceptors (Lipinski definition) is 8. The highest BCUT2D eigenvalue weighted by molar-refractivity contribution is 7.89. The summed E-state index contributed by atoms with van der Waals surface area (Å²) in [5, 5.41) is 0. The maximum atomic E-state index is 13.1. The van der Waals surface area contributed by atoms with Gasteiger partial charge in [0.25, 0.3) is 0 Å². The predicted molar refractivity (Wildman–Crippen MR) is 112 cm³/mol. The Hall–Kier alpha value is -1.88. The molecule has 0 aliphatic carbocycles. The van der Waals surface area contributed by atoms with Gasteiger partial charge in [0.15, 0.2) is 11.5 Å². The maximum Gasteiger partial charge on any atom is 0.310 e. The third-order valence-electron chi connectivity index (χ3n) is 5.00. The fourth-order valence-corrected chi connectivity index (χ4v) is 4.98. The molecule has 1 aliphatic heterocycles. The van der Waals surface area contributed by atoms with Gasteiger partial charge in [0.2, 0.25) is 10.0 Å². The first-order valence-electron chi connectivity index (χ1n) is 10.1. The molecular formula is C20H32N2O7S. The highest BCUT2D eigenvalue weighted by atomic mass is 32.2. The van der Waals surface area contributed by atoms with Gasteiger partial charge in [-0.3, -0.25) is 9.69 Å². The zero-order valence-corrected chi connectivity index (χ0v) is 19.0. The van der Waals surface area contributed by atoms with Crippen LogP contribution in [0.3, 0.4) is 0 Å². The van der Waals surface area contributed by atoms with Crippen molar-refractivity contribution in [3.63, 3.8) is 0 Å². The molecule has 1 aromatic rings. The van der Waals surface area contributed by atoms with Crippen LogP contribution in [0.25, 0.3) is 0 Å².